The number of hydrogen-bond donors (Lipinski definition) is 0. The normalized spacial score (nSPS) is 18.4. The Labute approximate surface area is 116 Å². The molecule has 0 saturated carbocycles. The van der Waals surface area contributed by atoms with E-state index in [9.17, 15) is 4.79 Å². The maximum atomic E-state index is 12.6. The summed E-state index contributed by atoms with van der Waals surface area (Å²) in [6.07, 6.45) is 3.72. The van der Waals surface area contributed by atoms with E-state index in [2.05, 4.69) is 23.5 Å². The number of aryl methyl sites for hydroxylation is 1. The van der Waals surface area contributed by atoms with Gasteiger partial charge in [0.1, 0.15) is 5.69 Å². The van der Waals surface area contributed by atoms with Gasteiger partial charge in [0.2, 0.25) is 0 Å². The van der Waals surface area contributed by atoms with Gasteiger partial charge in [-0.2, -0.15) is 5.10 Å². The van der Waals surface area contributed by atoms with Gasteiger partial charge in [0.15, 0.2) is 0 Å². The number of fused-ring (bicyclic) bond motifs is 1. The van der Waals surface area contributed by atoms with E-state index in [-0.39, 0.29) is 11.9 Å². The van der Waals surface area contributed by atoms with Gasteiger partial charge in [-0.05, 0) is 35.9 Å². The highest BCUT2D eigenvalue weighted by Gasteiger charge is 2.31. The van der Waals surface area contributed by atoms with E-state index in [4.69, 9.17) is 0 Å². The lowest BCUT2D eigenvalue weighted by molar-refractivity contribution is 0.0650. The zero-order valence-corrected chi connectivity index (χ0v) is 12.0. The molecule has 2 aromatic rings. The van der Waals surface area contributed by atoms with Gasteiger partial charge in [-0.15, -0.1) is 11.3 Å². The number of rotatable bonds is 2. The summed E-state index contributed by atoms with van der Waals surface area (Å²) in [4.78, 5) is 16.0. The van der Waals surface area contributed by atoms with Gasteiger partial charge in [-0.25, -0.2) is 0 Å². The summed E-state index contributed by atoms with van der Waals surface area (Å²) >= 11 is 1.80. The first-order valence-electron chi connectivity index (χ1n) is 6.57. The minimum absolute atomic E-state index is 0.0456. The van der Waals surface area contributed by atoms with Crippen LogP contribution >= 0.6 is 11.3 Å². The molecule has 0 aromatic carbocycles. The van der Waals surface area contributed by atoms with E-state index < -0.39 is 0 Å². The Hall–Kier alpha value is -1.62. The van der Waals surface area contributed by atoms with Crippen molar-refractivity contribution in [2.45, 2.75) is 25.8 Å². The minimum Gasteiger partial charge on any atom is -0.330 e. The topological polar surface area (TPSA) is 38.1 Å². The second-order valence-corrected chi connectivity index (χ2v) is 5.85. The standard InChI is InChI=1S/C14H17N3OS/c1-3-12-10-6-9-19-13(10)5-8-17(12)14(18)11-4-7-16(2)15-11/h4,6-7,9,12H,3,5,8H2,1-2H3/t12-/m0/s1. The van der Waals surface area contributed by atoms with Crippen LogP contribution < -0.4 is 0 Å². The molecule has 3 rings (SSSR count). The van der Waals surface area contributed by atoms with Crippen molar-refractivity contribution >= 4 is 17.2 Å². The second kappa shape index (κ2) is 4.81. The largest absolute Gasteiger partial charge is 0.330 e. The molecule has 0 bridgehead atoms. The molecule has 1 aliphatic heterocycles. The summed E-state index contributed by atoms with van der Waals surface area (Å²) in [5.74, 6) is 0.0456. The van der Waals surface area contributed by atoms with Crippen molar-refractivity contribution in [3.8, 4) is 0 Å². The number of carbonyl (C=O) groups excluding carboxylic acids is 1. The van der Waals surface area contributed by atoms with E-state index in [1.807, 2.05) is 18.1 Å². The molecular weight excluding hydrogens is 258 g/mol. The summed E-state index contributed by atoms with van der Waals surface area (Å²) in [7, 11) is 1.83. The van der Waals surface area contributed by atoms with Crippen molar-refractivity contribution in [1.82, 2.24) is 14.7 Å². The van der Waals surface area contributed by atoms with Gasteiger partial charge < -0.3 is 4.90 Å². The van der Waals surface area contributed by atoms with E-state index in [0.717, 1.165) is 19.4 Å². The smallest absolute Gasteiger partial charge is 0.274 e. The molecule has 1 atom stereocenters. The van der Waals surface area contributed by atoms with Gasteiger partial charge in [0, 0.05) is 24.7 Å². The van der Waals surface area contributed by atoms with E-state index in [1.54, 1.807) is 22.1 Å². The number of thiophene rings is 1. The van der Waals surface area contributed by atoms with Gasteiger partial charge in [0.05, 0.1) is 6.04 Å². The minimum atomic E-state index is 0.0456. The fraction of sp³-hybridized carbons (Fsp3) is 0.429. The number of hydrogen-bond acceptors (Lipinski definition) is 3. The first-order chi connectivity index (χ1) is 9.20. The van der Waals surface area contributed by atoms with Crippen LogP contribution in [0.4, 0.5) is 0 Å². The molecule has 3 heterocycles. The highest BCUT2D eigenvalue weighted by Crippen LogP contribution is 2.35. The Morgan fingerprint density at radius 2 is 2.37 bits per heavy atom. The summed E-state index contributed by atoms with van der Waals surface area (Å²) in [6.45, 7) is 2.93. The zero-order valence-electron chi connectivity index (χ0n) is 11.2. The van der Waals surface area contributed by atoms with Crippen LogP contribution in [-0.4, -0.2) is 27.1 Å². The fourth-order valence-corrected chi connectivity index (χ4v) is 3.68. The van der Waals surface area contributed by atoms with Crippen molar-refractivity contribution in [2.75, 3.05) is 6.54 Å². The number of amides is 1. The highest BCUT2D eigenvalue weighted by molar-refractivity contribution is 7.10. The molecule has 5 heteroatoms. The lowest BCUT2D eigenvalue weighted by Crippen LogP contribution is -2.39. The Bertz CT molecular complexity index is 601. The molecule has 4 nitrogen and oxygen atoms in total. The van der Waals surface area contributed by atoms with Gasteiger partial charge in [0.25, 0.3) is 5.91 Å². The van der Waals surface area contributed by atoms with Gasteiger partial charge >= 0.3 is 0 Å². The van der Waals surface area contributed by atoms with Crippen LogP contribution in [0.2, 0.25) is 0 Å². The summed E-state index contributed by atoms with van der Waals surface area (Å²) < 4.78 is 1.67. The average molecular weight is 275 g/mol. The van der Waals surface area contributed by atoms with Crippen molar-refractivity contribution < 1.29 is 4.79 Å². The molecule has 0 unspecified atom stereocenters. The Morgan fingerprint density at radius 1 is 1.53 bits per heavy atom. The molecule has 0 N–H and O–H groups in total. The second-order valence-electron chi connectivity index (χ2n) is 4.85. The van der Waals surface area contributed by atoms with Crippen LogP contribution in [-0.2, 0) is 13.5 Å². The van der Waals surface area contributed by atoms with Crippen LogP contribution in [0.15, 0.2) is 23.7 Å². The lowest BCUT2D eigenvalue weighted by Gasteiger charge is -2.35. The van der Waals surface area contributed by atoms with Crippen LogP contribution in [0.3, 0.4) is 0 Å². The fourth-order valence-electron chi connectivity index (χ4n) is 2.76. The summed E-state index contributed by atoms with van der Waals surface area (Å²) in [5.41, 5.74) is 1.86. The van der Waals surface area contributed by atoms with E-state index in [1.165, 1.54) is 10.4 Å². The van der Waals surface area contributed by atoms with Gasteiger partial charge in [-0.1, -0.05) is 6.92 Å². The zero-order chi connectivity index (χ0) is 13.4. The van der Waals surface area contributed by atoms with Crippen LogP contribution in [0, 0.1) is 0 Å². The predicted molar refractivity (Wildman–Crippen MR) is 75.3 cm³/mol. The van der Waals surface area contributed by atoms with Crippen LogP contribution in [0.5, 0.6) is 0 Å². The third-order valence-corrected chi connectivity index (χ3v) is 4.67. The number of carbonyl (C=O) groups is 1. The predicted octanol–water partition coefficient (Wildman–Crippen LogP) is 2.63. The van der Waals surface area contributed by atoms with Crippen LogP contribution in [0.1, 0.15) is 40.3 Å². The molecule has 0 spiro atoms. The molecule has 0 fully saturated rings. The van der Waals surface area contributed by atoms with E-state index >= 15 is 0 Å². The van der Waals surface area contributed by atoms with Crippen LogP contribution in [0.25, 0.3) is 0 Å². The molecular formula is C14H17N3OS. The monoisotopic (exact) mass is 275 g/mol. The molecule has 19 heavy (non-hydrogen) atoms. The van der Waals surface area contributed by atoms with Crippen molar-refractivity contribution in [2.24, 2.45) is 7.05 Å². The van der Waals surface area contributed by atoms with Crippen molar-refractivity contribution in [3.63, 3.8) is 0 Å². The quantitative estimate of drug-likeness (QED) is 0.845. The molecule has 2 aromatic heterocycles. The number of aromatic nitrogens is 2. The third-order valence-electron chi connectivity index (χ3n) is 3.68. The molecule has 0 radical (unpaired) electrons. The number of nitrogens with zero attached hydrogens (tertiary/aromatic N) is 3. The molecule has 1 amide bonds. The first-order valence-corrected chi connectivity index (χ1v) is 7.45. The molecule has 1 aliphatic rings. The lowest BCUT2D eigenvalue weighted by atomic mass is 9.97. The third kappa shape index (κ3) is 2.08. The average Bonchev–Trinajstić information content (AvgIpc) is 3.04. The van der Waals surface area contributed by atoms with Crippen molar-refractivity contribution in [3.05, 3.63) is 39.8 Å². The van der Waals surface area contributed by atoms with Gasteiger partial charge in [-0.3, -0.25) is 9.48 Å². The highest BCUT2D eigenvalue weighted by atomic mass is 32.1. The van der Waals surface area contributed by atoms with E-state index in [0.29, 0.717) is 5.69 Å². The summed E-state index contributed by atoms with van der Waals surface area (Å²) in [6, 6.07) is 4.15. The Kier molecular flexibility index (Phi) is 3.14. The molecule has 0 aliphatic carbocycles. The summed E-state index contributed by atoms with van der Waals surface area (Å²) in [5, 5.41) is 6.35. The Balaban J connectivity index is 1.91. The Morgan fingerprint density at radius 3 is 3.05 bits per heavy atom. The molecule has 100 valence electrons. The first kappa shape index (κ1) is 12.4. The molecule has 0 saturated heterocycles. The maximum absolute atomic E-state index is 12.6. The van der Waals surface area contributed by atoms with Crippen molar-refractivity contribution in [1.29, 1.82) is 0 Å². The SMILES string of the molecule is CC[C@H]1c2ccsc2CCN1C(=O)c1ccn(C)n1. The maximum Gasteiger partial charge on any atom is 0.274 e.